The summed E-state index contributed by atoms with van der Waals surface area (Å²) in [5.41, 5.74) is 5.64. The van der Waals surface area contributed by atoms with E-state index in [0.29, 0.717) is 11.3 Å². The molecule has 2 aromatic heterocycles. The highest BCUT2D eigenvalue weighted by Gasteiger charge is 2.08. The number of nitrogens with one attached hydrogen (secondary N) is 1. The second-order valence-electron chi connectivity index (χ2n) is 2.64. The number of aromatic nitrogens is 3. The fraction of sp³-hybridized carbons (Fsp3) is 0. The van der Waals surface area contributed by atoms with Crippen LogP contribution in [0.3, 0.4) is 0 Å². The molecule has 2 heterocycles. The van der Waals surface area contributed by atoms with Gasteiger partial charge in [-0.3, -0.25) is 9.20 Å². The zero-order chi connectivity index (χ0) is 10.1. The maximum atomic E-state index is 11.3. The lowest BCUT2D eigenvalue weighted by Gasteiger charge is -1.97. The van der Waals surface area contributed by atoms with Gasteiger partial charge in [-0.05, 0) is 0 Å². The van der Waals surface area contributed by atoms with Gasteiger partial charge in [0.1, 0.15) is 5.52 Å². The molecule has 14 heavy (non-hydrogen) atoms. The molecule has 0 bridgehead atoms. The van der Waals surface area contributed by atoms with Gasteiger partial charge in [-0.2, -0.15) is 5.10 Å². The first kappa shape index (κ1) is 8.30. The van der Waals surface area contributed by atoms with Crippen LogP contribution in [0.25, 0.3) is 5.52 Å². The monoisotopic (exact) mass is 192 g/mol. The SMILES string of the molecule is N/N=C(/N)c1ncc2c(=O)[nH]ccn12. The molecule has 7 nitrogen and oxygen atoms in total. The summed E-state index contributed by atoms with van der Waals surface area (Å²) in [7, 11) is 0. The Balaban J connectivity index is 2.83. The summed E-state index contributed by atoms with van der Waals surface area (Å²) in [4.78, 5) is 17.7. The first-order valence-corrected chi connectivity index (χ1v) is 3.82. The highest BCUT2D eigenvalue weighted by molar-refractivity contribution is 5.94. The summed E-state index contributed by atoms with van der Waals surface area (Å²) in [6, 6.07) is 0. The number of rotatable bonds is 1. The third-order valence-corrected chi connectivity index (χ3v) is 1.84. The summed E-state index contributed by atoms with van der Waals surface area (Å²) in [5, 5.41) is 3.31. The smallest absolute Gasteiger partial charge is 0.273 e. The van der Waals surface area contributed by atoms with E-state index in [0.717, 1.165) is 0 Å². The molecule has 2 aromatic rings. The van der Waals surface area contributed by atoms with E-state index in [-0.39, 0.29) is 11.4 Å². The van der Waals surface area contributed by atoms with E-state index >= 15 is 0 Å². The van der Waals surface area contributed by atoms with Gasteiger partial charge < -0.3 is 16.6 Å². The number of H-pyrrole nitrogens is 1. The molecule has 0 aliphatic heterocycles. The molecular formula is C7H8N6O. The predicted octanol–water partition coefficient (Wildman–Crippen LogP) is -1.40. The number of hydrogen-bond acceptors (Lipinski definition) is 4. The van der Waals surface area contributed by atoms with Gasteiger partial charge >= 0.3 is 0 Å². The van der Waals surface area contributed by atoms with E-state index in [2.05, 4.69) is 15.1 Å². The first-order chi connectivity index (χ1) is 6.74. The van der Waals surface area contributed by atoms with Crippen LogP contribution in [-0.4, -0.2) is 20.2 Å². The number of aromatic amines is 1. The molecule has 0 atom stereocenters. The number of fused-ring (bicyclic) bond motifs is 1. The molecule has 0 radical (unpaired) electrons. The molecule has 0 aromatic carbocycles. The van der Waals surface area contributed by atoms with Crippen molar-refractivity contribution in [2.75, 3.05) is 0 Å². The van der Waals surface area contributed by atoms with Crippen LogP contribution in [0.2, 0.25) is 0 Å². The van der Waals surface area contributed by atoms with Gasteiger partial charge in [-0.1, -0.05) is 0 Å². The van der Waals surface area contributed by atoms with Crippen molar-refractivity contribution in [1.29, 1.82) is 0 Å². The van der Waals surface area contributed by atoms with E-state index in [9.17, 15) is 4.79 Å². The van der Waals surface area contributed by atoms with Gasteiger partial charge in [0.05, 0.1) is 6.20 Å². The van der Waals surface area contributed by atoms with Gasteiger partial charge in [-0.15, -0.1) is 0 Å². The zero-order valence-corrected chi connectivity index (χ0v) is 7.14. The molecule has 2 rings (SSSR count). The van der Waals surface area contributed by atoms with Crippen molar-refractivity contribution in [3.63, 3.8) is 0 Å². The van der Waals surface area contributed by atoms with Crippen molar-refractivity contribution >= 4 is 11.4 Å². The Morgan fingerprint density at radius 3 is 3.14 bits per heavy atom. The van der Waals surface area contributed by atoms with Gasteiger partial charge in [0, 0.05) is 12.4 Å². The fourth-order valence-corrected chi connectivity index (χ4v) is 1.19. The lowest BCUT2D eigenvalue weighted by atomic mass is 10.5. The van der Waals surface area contributed by atoms with Crippen LogP contribution in [0.4, 0.5) is 0 Å². The molecule has 0 spiro atoms. The Kier molecular flexibility index (Phi) is 1.70. The second-order valence-corrected chi connectivity index (χ2v) is 2.64. The average molecular weight is 192 g/mol. The summed E-state index contributed by atoms with van der Waals surface area (Å²) in [6.45, 7) is 0. The van der Waals surface area contributed by atoms with Crippen molar-refractivity contribution < 1.29 is 0 Å². The van der Waals surface area contributed by atoms with Crippen LogP contribution >= 0.6 is 0 Å². The van der Waals surface area contributed by atoms with Gasteiger partial charge in [0.25, 0.3) is 5.56 Å². The van der Waals surface area contributed by atoms with Gasteiger partial charge in [0.15, 0.2) is 11.7 Å². The van der Waals surface area contributed by atoms with Gasteiger partial charge in [-0.25, -0.2) is 4.98 Å². The topological polar surface area (TPSA) is 115 Å². The largest absolute Gasteiger partial charge is 0.379 e. The first-order valence-electron chi connectivity index (χ1n) is 3.82. The van der Waals surface area contributed by atoms with E-state index < -0.39 is 0 Å². The van der Waals surface area contributed by atoms with Crippen molar-refractivity contribution in [3.05, 3.63) is 34.8 Å². The summed E-state index contributed by atoms with van der Waals surface area (Å²) >= 11 is 0. The Bertz CT molecular complexity index is 551. The third kappa shape index (κ3) is 1.03. The minimum Gasteiger partial charge on any atom is -0.379 e. The molecule has 0 saturated heterocycles. The van der Waals surface area contributed by atoms with Crippen molar-refractivity contribution in [2.45, 2.75) is 0 Å². The summed E-state index contributed by atoms with van der Waals surface area (Å²) in [5.74, 6) is 5.45. The lowest BCUT2D eigenvalue weighted by molar-refractivity contribution is 1.05. The number of hydrogen-bond donors (Lipinski definition) is 3. The molecule has 0 aliphatic rings. The van der Waals surface area contributed by atoms with E-state index in [1.807, 2.05) is 0 Å². The highest BCUT2D eigenvalue weighted by atomic mass is 16.1. The summed E-state index contributed by atoms with van der Waals surface area (Å²) < 4.78 is 1.52. The van der Waals surface area contributed by atoms with Crippen molar-refractivity contribution in [3.8, 4) is 0 Å². The zero-order valence-electron chi connectivity index (χ0n) is 7.14. The van der Waals surface area contributed by atoms with Crippen LogP contribution in [-0.2, 0) is 0 Å². The molecule has 0 saturated carbocycles. The molecule has 0 amide bonds. The minimum atomic E-state index is -0.240. The van der Waals surface area contributed by atoms with Crippen LogP contribution in [0, 0.1) is 0 Å². The third-order valence-electron chi connectivity index (χ3n) is 1.84. The number of nitrogens with two attached hydrogens (primary N) is 2. The van der Waals surface area contributed by atoms with Crippen LogP contribution in [0.5, 0.6) is 0 Å². The van der Waals surface area contributed by atoms with Crippen molar-refractivity contribution in [2.24, 2.45) is 16.7 Å². The van der Waals surface area contributed by atoms with Crippen LogP contribution in [0.15, 0.2) is 28.5 Å². The maximum absolute atomic E-state index is 11.3. The maximum Gasteiger partial charge on any atom is 0.273 e. The standard InChI is InChI=1S/C7H8N6O/c8-5(12-9)6-11-3-4-7(14)10-1-2-13(4)6/h1-3H,9H2,(H2,8,12)(H,10,14). The molecule has 0 fully saturated rings. The quantitative estimate of drug-likeness (QED) is 0.223. The minimum absolute atomic E-state index is 0.0793. The number of hydrazone groups is 1. The normalized spacial score (nSPS) is 12.1. The van der Waals surface area contributed by atoms with Crippen molar-refractivity contribution in [1.82, 2.24) is 14.4 Å². The summed E-state index contributed by atoms with van der Waals surface area (Å²) in [6.07, 6.45) is 4.52. The van der Waals surface area contributed by atoms with E-state index in [1.54, 1.807) is 6.20 Å². The molecule has 0 aliphatic carbocycles. The molecule has 0 unspecified atom stereocenters. The van der Waals surface area contributed by atoms with E-state index in [1.165, 1.54) is 16.8 Å². The predicted molar refractivity (Wildman–Crippen MR) is 50.7 cm³/mol. The highest BCUT2D eigenvalue weighted by Crippen LogP contribution is 1.99. The van der Waals surface area contributed by atoms with E-state index in [4.69, 9.17) is 11.6 Å². The number of nitrogens with zero attached hydrogens (tertiary/aromatic N) is 3. The number of amidine groups is 1. The Hall–Kier alpha value is -2.31. The van der Waals surface area contributed by atoms with Crippen LogP contribution in [0.1, 0.15) is 5.82 Å². The lowest BCUT2D eigenvalue weighted by Crippen LogP contribution is -2.20. The Morgan fingerprint density at radius 1 is 1.64 bits per heavy atom. The molecule has 7 heteroatoms. The number of imidazole rings is 1. The Labute approximate surface area is 78.1 Å². The molecule has 72 valence electrons. The second kappa shape index (κ2) is 2.87. The fourth-order valence-electron chi connectivity index (χ4n) is 1.19. The Morgan fingerprint density at radius 2 is 2.43 bits per heavy atom. The molecular weight excluding hydrogens is 184 g/mol. The van der Waals surface area contributed by atoms with Crippen LogP contribution < -0.4 is 17.1 Å². The van der Waals surface area contributed by atoms with Gasteiger partial charge in [0.2, 0.25) is 0 Å². The average Bonchev–Trinajstić information content (AvgIpc) is 2.62. The molecule has 5 N–H and O–H groups in total.